The van der Waals surface area contributed by atoms with E-state index < -0.39 is 10.0 Å². The molecule has 152 valence electrons. The standard InChI is InChI=1S/C22H19N3O3S2/c1-14-8-10-18(11-9-14)30(27,28)25-22-24-20-15(2)12-17(13-19(20)29-22)23-21(26)16-6-4-3-5-7-16/h3-13H,1-2H3,(H,23,26)(H,24,25). The molecule has 0 saturated heterocycles. The molecule has 0 atom stereocenters. The number of anilines is 2. The Hall–Kier alpha value is -3.23. The van der Waals surface area contributed by atoms with Gasteiger partial charge in [0.2, 0.25) is 0 Å². The van der Waals surface area contributed by atoms with Crippen LogP contribution in [0, 0.1) is 13.8 Å². The average Bonchev–Trinajstić information content (AvgIpc) is 3.11. The van der Waals surface area contributed by atoms with E-state index in [0.29, 0.717) is 16.8 Å². The predicted octanol–water partition coefficient (Wildman–Crippen LogP) is 4.97. The largest absolute Gasteiger partial charge is 0.322 e. The molecule has 1 amide bonds. The van der Waals surface area contributed by atoms with Gasteiger partial charge in [0.15, 0.2) is 5.13 Å². The van der Waals surface area contributed by atoms with Gasteiger partial charge in [-0.3, -0.25) is 9.52 Å². The van der Waals surface area contributed by atoms with Gasteiger partial charge in [0, 0.05) is 11.3 Å². The van der Waals surface area contributed by atoms with Gasteiger partial charge in [-0.2, -0.15) is 0 Å². The minimum Gasteiger partial charge on any atom is -0.322 e. The second-order valence-electron chi connectivity index (χ2n) is 6.90. The molecule has 4 rings (SSSR count). The van der Waals surface area contributed by atoms with E-state index in [2.05, 4.69) is 15.0 Å². The van der Waals surface area contributed by atoms with E-state index >= 15 is 0 Å². The molecule has 2 N–H and O–H groups in total. The van der Waals surface area contributed by atoms with Crippen LogP contribution < -0.4 is 10.0 Å². The first-order chi connectivity index (χ1) is 14.3. The molecule has 0 aliphatic carbocycles. The van der Waals surface area contributed by atoms with E-state index in [9.17, 15) is 13.2 Å². The molecular formula is C22H19N3O3S2. The third kappa shape index (κ3) is 4.19. The monoisotopic (exact) mass is 437 g/mol. The maximum absolute atomic E-state index is 12.6. The van der Waals surface area contributed by atoms with Crippen molar-refractivity contribution in [3.63, 3.8) is 0 Å². The maximum Gasteiger partial charge on any atom is 0.263 e. The highest BCUT2D eigenvalue weighted by atomic mass is 32.2. The minimum absolute atomic E-state index is 0.180. The summed E-state index contributed by atoms with van der Waals surface area (Å²) in [4.78, 5) is 17.0. The maximum atomic E-state index is 12.6. The molecule has 0 aliphatic rings. The number of amides is 1. The number of thiazole rings is 1. The molecule has 0 aliphatic heterocycles. The fourth-order valence-corrected chi connectivity index (χ4v) is 5.21. The summed E-state index contributed by atoms with van der Waals surface area (Å²) in [5.41, 5.74) is 3.71. The summed E-state index contributed by atoms with van der Waals surface area (Å²) in [6, 6.07) is 19.2. The van der Waals surface area contributed by atoms with Crippen molar-refractivity contribution in [1.82, 2.24) is 4.98 Å². The predicted molar refractivity (Wildman–Crippen MR) is 121 cm³/mol. The third-order valence-electron chi connectivity index (χ3n) is 4.53. The minimum atomic E-state index is -3.73. The smallest absolute Gasteiger partial charge is 0.263 e. The molecule has 6 nitrogen and oxygen atoms in total. The molecule has 0 saturated carbocycles. The fourth-order valence-electron chi connectivity index (χ4n) is 3.00. The van der Waals surface area contributed by atoms with E-state index in [0.717, 1.165) is 15.8 Å². The summed E-state index contributed by atoms with van der Waals surface area (Å²) in [6.07, 6.45) is 0. The summed E-state index contributed by atoms with van der Waals surface area (Å²) in [6.45, 7) is 3.77. The number of hydrogen-bond donors (Lipinski definition) is 2. The average molecular weight is 438 g/mol. The van der Waals surface area contributed by atoms with E-state index in [1.54, 1.807) is 54.6 Å². The van der Waals surface area contributed by atoms with E-state index in [1.807, 2.05) is 26.0 Å². The highest BCUT2D eigenvalue weighted by Crippen LogP contribution is 2.32. The van der Waals surface area contributed by atoms with Crippen LogP contribution in [0.15, 0.2) is 71.6 Å². The van der Waals surface area contributed by atoms with Crippen LogP contribution in [0.3, 0.4) is 0 Å². The molecule has 0 bridgehead atoms. The molecule has 0 fully saturated rings. The Bertz CT molecular complexity index is 1330. The van der Waals surface area contributed by atoms with Crippen molar-refractivity contribution in [2.75, 3.05) is 10.0 Å². The molecule has 30 heavy (non-hydrogen) atoms. The number of nitrogens with zero attached hydrogens (tertiary/aromatic N) is 1. The van der Waals surface area contributed by atoms with Crippen LogP contribution in [-0.4, -0.2) is 19.3 Å². The summed E-state index contributed by atoms with van der Waals surface area (Å²) in [5, 5.41) is 3.16. The van der Waals surface area contributed by atoms with Gasteiger partial charge in [-0.25, -0.2) is 13.4 Å². The van der Waals surface area contributed by atoms with E-state index in [-0.39, 0.29) is 15.9 Å². The summed E-state index contributed by atoms with van der Waals surface area (Å²) in [5.74, 6) is -0.209. The summed E-state index contributed by atoms with van der Waals surface area (Å²) in [7, 11) is -3.73. The van der Waals surface area contributed by atoms with Crippen LogP contribution in [0.1, 0.15) is 21.5 Å². The van der Waals surface area contributed by atoms with Crippen molar-refractivity contribution >= 4 is 48.3 Å². The molecule has 3 aromatic carbocycles. The van der Waals surface area contributed by atoms with E-state index in [1.165, 1.54) is 11.3 Å². The van der Waals surface area contributed by atoms with Crippen LogP contribution in [0.2, 0.25) is 0 Å². The van der Waals surface area contributed by atoms with Crippen molar-refractivity contribution in [3.05, 3.63) is 83.4 Å². The van der Waals surface area contributed by atoms with Gasteiger partial charge in [-0.05, 0) is 55.8 Å². The van der Waals surface area contributed by atoms with Crippen LogP contribution in [0.25, 0.3) is 10.2 Å². The molecule has 4 aromatic rings. The first-order valence-electron chi connectivity index (χ1n) is 9.19. The molecule has 8 heteroatoms. The van der Waals surface area contributed by atoms with Crippen LogP contribution in [0.4, 0.5) is 10.8 Å². The normalized spacial score (nSPS) is 11.4. The lowest BCUT2D eigenvalue weighted by atomic mass is 10.1. The third-order valence-corrected chi connectivity index (χ3v) is 6.93. The zero-order valence-corrected chi connectivity index (χ0v) is 18.0. The molecule has 0 radical (unpaired) electrons. The summed E-state index contributed by atoms with van der Waals surface area (Å²) < 4.78 is 28.6. The lowest BCUT2D eigenvalue weighted by Crippen LogP contribution is -2.12. The van der Waals surface area contributed by atoms with Gasteiger partial charge in [-0.1, -0.05) is 47.2 Å². The van der Waals surface area contributed by atoms with Gasteiger partial charge < -0.3 is 5.32 Å². The van der Waals surface area contributed by atoms with Crippen molar-refractivity contribution in [1.29, 1.82) is 0 Å². The topological polar surface area (TPSA) is 88.2 Å². The molecule has 0 spiro atoms. The zero-order chi connectivity index (χ0) is 21.3. The van der Waals surface area contributed by atoms with Gasteiger partial charge in [0.05, 0.1) is 15.1 Å². The number of aromatic nitrogens is 1. The second-order valence-corrected chi connectivity index (χ2v) is 9.61. The highest BCUT2D eigenvalue weighted by molar-refractivity contribution is 7.93. The quantitative estimate of drug-likeness (QED) is 0.462. The second kappa shape index (κ2) is 7.89. The van der Waals surface area contributed by atoms with Crippen LogP contribution >= 0.6 is 11.3 Å². The Balaban J connectivity index is 1.60. The van der Waals surface area contributed by atoms with Crippen LogP contribution in [-0.2, 0) is 10.0 Å². The SMILES string of the molecule is Cc1ccc(S(=O)(=O)Nc2nc3c(C)cc(NC(=O)c4ccccc4)cc3s2)cc1. The van der Waals surface area contributed by atoms with Crippen molar-refractivity contribution in [2.24, 2.45) is 0 Å². The molecule has 0 unspecified atom stereocenters. The highest BCUT2D eigenvalue weighted by Gasteiger charge is 2.17. The number of carbonyl (C=O) groups is 1. The van der Waals surface area contributed by atoms with Gasteiger partial charge in [-0.15, -0.1) is 0 Å². The molecule has 1 aromatic heterocycles. The van der Waals surface area contributed by atoms with Gasteiger partial charge in [0.25, 0.3) is 15.9 Å². The Morgan fingerprint density at radius 1 is 0.967 bits per heavy atom. The number of sulfonamides is 1. The number of rotatable bonds is 5. The number of aryl methyl sites for hydroxylation is 2. The Kier molecular flexibility index (Phi) is 5.27. The molecule has 1 heterocycles. The Morgan fingerprint density at radius 2 is 1.67 bits per heavy atom. The number of benzene rings is 3. The van der Waals surface area contributed by atoms with Crippen molar-refractivity contribution in [2.45, 2.75) is 18.7 Å². The fraction of sp³-hybridized carbons (Fsp3) is 0.0909. The number of hydrogen-bond acceptors (Lipinski definition) is 5. The number of fused-ring (bicyclic) bond motifs is 1. The number of nitrogens with one attached hydrogen (secondary N) is 2. The first kappa shape index (κ1) is 20.1. The Morgan fingerprint density at radius 3 is 2.37 bits per heavy atom. The zero-order valence-electron chi connectivity index (χ0n) is 16.3. The van der Waals surface area contributed by atoms with Crippen molar-refractivity contribution in [3.8, 4) is 0 Å². The van der Waals surface area contributed by atoms with Crippen molar-refractivity contribution < 1.29 is 13.2 Å². The van der Waals surface area contributed by atoms with Gasteiger partial charge >= 0.3 is 0 Å². The lowest BCUT2D eigenvalue weighted by Gasteiger charge is -2.06. The number of carbonyl (C=O) groups excluding carboxylic acids is 1. The Labute approximate surface area is 178 Å². The first-order valence-corrected chi connectivity index (χ1v) is 11.5. The van der Waals surface area contributed by atoms with Crippen LogP contribution in [0.5, 0.6) is 0 Å². The van der Waals surface area contributed by atoms with E-state index in [4.69, 9.17) is 0 Å². The lowest BCUT2D eigenvalue weighted by molar-refractivity contribution is 0.102. The summed E-state index contributed by atoms with van der Waals surface area (Å²) >= 11 is 1.22. The van der Waals surface area contributed by atoms with Gasteiger partial charge in [0.1, 0.15) is 0 Å². The molecular weight excluding hydrogens is 418 g/mol.